The molecule has 0 heterocycles. The Hall–Kier alpha value is -3.26. The van der Waals surface area contributed by atoms with E-state index in [4.69, 9.17) is 14.9 Å². The maximum absolute atomic E-state index is 11.7. The molecule has 0 aliphatic carbocycles. The van der Waals surface area contributed by atoms with Gasteiger partial charge in [-0.25, -0.2) is 14.4 Å². The summed E-state index contributed by atoms with van der Waals surface area (Å²) < 4.78 is 4.74. The zero-order chi connectivity index (χ0) is 19.6. The molecule has 0 fully saturated rings. The number of hydrogen-bond donors (Lipinski definition) is 3. The van der Waals surface area contributed by atoms with Gasteiger partial charge < -0.3 is 20.1 Å². The van der Waals surface area contributed by atoms with E-state index >= 15 is 0 Å². The zero-order valence-electron chi connectivity index (χ0n) is 13.5. The number of aromatic carboxylic acids is 1. The van der Waals surface area contributed by atoms with E-state index in [2.05, 4.69) is 13.2 Å². The van der Waals surface area contributed by atoms with Crippen LogP contribution in [0, 0.1) is 0 Å². The van der Waals surface area contributed by atoms with Crippen molar-refractivity contribution < 1.29 is 39.2 Å². The predicted octanol–water partition coefficient (Wildman–Crippen LogP) is 1.30. The number of esters is 1. The minimum Gasteiger partial charge on any atom is -0.478 e. The lowest BCUT2D eigenvalue weighted by Crippen LogP contribution is -2.28. The fourth-order valence-corrected chi connectivity index (χ4v) is 1.44. The number of carboxylic acids is 2. The summed E-state index contributed by atoms with van der Waals surface area (Å²) in [6, 6.07) is 5.51. The third-order valence-electron chi connectivity index (χ3n) is 2.65. The normalized spacial score (nSPS) is 10.5. The Morgan fingerprint density at radius 1 is 1.16 bits per heavy atom. The van der Waals surface area contributed by atoms with Crippen molar-refractivity contribution in [1.82, 2.24) is 0 Å². The molecule has 134 valence electrons. The number of carboxylic acid groups (broad SMARTS) is 2. The highest BCUT2D eigenvalue weighted by Gasteiger charge is 2.21. The number of benzene rings is 1. The van der Waals surface area contributed by atoms with E-state index in [1.165, 1.54) is 31.2 Å². The van der Waals surface area contributed by atoms with Crippen LogP contribution in [0.5, 0.6) is 0 Å². The average molecular weight is 350 g/mol. The number of aliphatic carboxylic acids is 1. The molecule has 1 rings (SSSR count). The van der Waals surface area contributed by atoms with Crippen molar-refractivity contribution in [3.63, 3.8) is 0 Å². The van der Waals surface area contributed by atoms with Gasteiger partial charge in [0.05, 0.1) is 11.1 Å². The topological polar surface area (TPSA) is 138 Å². The maximum Gasteiger partial charge on any atom is 0.339 e. The number of rotatable bonds is 7. The lowest BCUT2D eigenvalue weighted by atomic mass is 10.1. The van der Waals surface area contributed by atoms with Crippen molar-refractivity contribution in [2.45, 2.75) is 13.0 Å². The SMILES string of the molecule is C=C(C)C(=O)C(O)COC(=O)c1ccccc1C(=O)O.C=CC(=O)O. The van der Waals surface area contributed by atoms with E-state index < -0.39 is 36.4 Å². The molecule has 0 bridgehead atoms. The van der Waals surface area contributed by atoms with Gasteiger partial charge in [-0.05, 0) is 24.6 Å². The van der Waals surface area contributed by atoms with Crippen molar-refractivity contribution in [2.24, 2.45) is 0 Å². The molecular formula is C17H18O8. The summed E-state index contributed by atoms with van der Waals surface area (Å²) >= 11 is 0. The van der Waals surface area contributed by atoms with Crippen LogP contribution >= 0.6 is 0 Å². The van der Waals surface area contributed by atoms with Gasteiger partial charge in [0.25, 0.3) is 0 Å². The van der Waals surface area contributed by atoms with E-state index in [1.54, 1.807) is 0 Å². The average Bonchev–Trinajstić information content (AvgIpc) is 2.58. The molecular weight excluding hydrogens is 332 g/mol. The van der Waals surface area contributed by atoms with Crippen LogP contribution in [0.15, 0.2) is 49.1 Å². The summed E-state index contributed by atoms with van der Waals surface area (Å²) in [4.78, 5) is 43.3. The Kier molecular flexibility index (Phi) is 9.13. The summed E-state index contributed by atoms with van der Waals surface area (Å²) in [5, 5.41) is 26.0. The molecule has 0 aromatic heterocycles. The molecule has 25 heavy (non-hydrogen) atoms. The van der Waals surface area contributed by atoms with E-state index in [1.807, 2.05) is 0 Å². The number of aliphatic hydroxyl groups is 1. The highest BCUT2D eigenvalue weighted by molar-refractivity contribution is 6.02. The fraction of sp³-hybridized carbons (Fsp3) is 0.176. The second-order valence-electron chi connectivity index (χ2n) is 4.65. The molecule has 1 aromatic rings. The van der Waals surface area contributed by atoms with Gasteiger partial charge in [0.15, 0.2) is 11.9 Å². The molecule has 0 saturated carbocycles. The number of carbonyl (C=O) groups is 4. The monoisotopic (exact) mass is 350 g/mol. The van der Waals surface area contributed by atoms with Gasteiger partial charge in [-0.2, -0.15) is 0 Å². The highest BCUT2D eigenvalue weighted by Crippen LogP contribution is 2.11. The van der Waals surface area contributed by atoms with Crippen molar-refractivity contribution >= 4 is 23.7 Å². The first-order chi connectivity index (χ1) is 11.6. The number of Topliss-reactive ketones (excluding diaryl/α,β-unsaturated/α-hetero) is 1. The van der Waals surface area contributed by atoms with Crippen LogP contribution in [-0.4, -0.2) is 51.7 Å². The van der Waals surface area contributed by atoms with E-state index in [9.17, 15) is 24.3 Å². The van der Waals surface area contributed by atoms with Gasteiger partial charge in [-0.1, -0.05) is 25.3 Å². The van der Waals surface area contributed by atoms with Crippen molar-refractivity contribution in [3.05, 3.63) is 60.2 Å². The first-order valence-electron chi connectivity index (χ1n) is 6.84. The largest absolute Gasteiger partial charge is 0.478 e. The number of carbonyl (C=O) groups excluding carboxylic acids is 2. The molecule has 3 N–H and O–H groups in total. The van der Waals surface area contributed by atoms with E-state index in [0.717, 1.165) is 6.08 Å². The van der Waals surface area contributed by atoms with Crippen LogP contribution < -0.4 is 0 Å². The quantitative estimate of drug-likeness (QED) is 0.494. The molecule has 0 radical (unpaired) electrons. The summed E-state index contributed by atoms with van der Waals surface area (Å²) in [7, 11) is 0. The summed E-state index contributed by atoms with van der Waals surface area (Å²) in [6.45, 7) is 7.20. The Balaban J connectivity index is 0.00000101. The van der Waals surface area contributed by atoms with Gasteiger partial charge in [0.2, 0.25) is 0 Å². The lowest BCUT2D eigenvalue weighted by Gasteiger charge is -2.11. The predicted molar refractivity (Wildman–Crippen MR) is 87.3 cm³/mol. The van der Waals surface area contributed by atoms with Crippen molar-refractivity contribution in [2.75, 3.05) is 6.61 Å². The molecule has 1 unspecified atom stereocenters. The molecule has 0 amide bonds. The van der Waals surface area contributed by atoms with Crippen LogP contribution in [0.3, 0.4) is 0 Å². The number of hydrogen-bond acceptors (Lipinski definition) is 6. The first-order valence-corrected chi connectivity index (χ1v) is 6.84. The minimum atomic E-state index is -1.51. The van der Waals surface area contributed by atoms with E-state index in [0.29, 0.717) is 0 Å². The minimum absolute atomic E-state index is 0.138. The molecule has 1 aromatic carbocycles. The summed E-state index contributed by atoms with van der Waals surface area (Å²) in [5.41, 5.74) is -0.215. The Labute approximate surface area is 143 Å². The maximum atomic E-state index is 11.7. The standard InChI is InChI=1S/C14H14O6.C3H4O2/c1-8(2)12(16)11(15)7-20-14(19)10-6-4-3-5-9(10)13(17)18;1-2-3(4)5/h3-6,11,15H,1,7H2,2H3,(H,17,18);2H,1H2,(H,4,5). The van der Waals surface area contributed by atoms with E-state index in [-0.39, 0.29) is 16.7 Å². The fourth-order valence-electron chi connectivity index (χ4n) is 1.44. The second-order valence-corrected chi connectivity index (χ2v) is 4.65. The van der Waals surface area contributed by atoms with Crippen molar-refractivity contribution in [3.8, 4) is 0 Å². The number of ether oxygens (including phenoxy) is 1. The molecule has 8 heteroatoms. The Morgan fingerprint density at radius 3 is 2.04 bits per heavy atom. The molecule has 0 saturated heterocycles. The number of ketones is 1. The second kappa shape index (κ2) is 10.5. The van der Waals surface area contributed by atoms with Gasteiger partial charge in [0, 0.05) is 6.08 Å². The van der Waals surface area contributed by atoms with Crippen LogP contribution in [-0.2, 0) is 14.3 Å². The van der Waals surface area contributed by atoms with Crippen LogP contribution in [0.25, 0.3) is 0 Å². The molecule has 0 aliphatic heterocycles. The third-order valence-corrected chi connectivity index (χ3v) is 2.65. The van der Waals surface area contributed by atoms with Gasteiger partial charge >= 0.3 is 17.9 Å². The zero-order valence-corrected chi connectivity index (χ0v) is 13.5. The van der Waals surface area contributed by atoms with Gasteiger partial charge in [-0.15, -0.1) is 0 Å². The summed E-state index contributed by atoms with van der Waals surface area (Å²) in [5.74, 6) is -3.80. The third kappa shape index (κ3) is 7.71. The molecule has 0 aliphatic rings. The van der Waals surface area contributed by atoms with Crippen molar-refractivity contribution in [1.29, 1.82) is 0 Å². The molecule has 1 atom stereocenters. The number of aliphatic hydroxyl groups excluding tert-OH is 1. The van der Waals surface area contributed by atoms with Crippen LogP contribution in [0.4, 0.5) is 0 Å². The first kappa shape index (κ1) is 21.7. The Morgan fingerprint density at radius 2 is 1.64 bits per heavy atom. The highest BCUT2D eigenvalue weighted by atomic mass is 16.5. The lowest BCUT2D eigenvalue weighted by molar-refractivity contribution is -0.131. The Bertz CT molecular complexity index is 690. The van der Waals surface area contributed by atoms with Gasteiger partial charge in [-0.3, -0.25) is 4.79 Å². The molecule has 0 spiro atoms. The van der Waals surface area contributed by atoms with Gasteiger partial charge in [0.1, 0.15) is 6.61 Å². The van der Waals surface area contributed by atoms with Crippen LogP contribution in [0.2, 0.25) is 0 Å². The molecule has 8 nitrogen and oxygen atoms in total. The van der Waals surface area contributed by atoms with Crippen LogP contribution in [0.1, 0.15) is 27.6 Å². The summed E-state index contributed by atoms with van der Waals surface area (Å²) in [6.07, 6.45) is -0.673. The smallest absolute Gasteiger partial charge is 0.339 e.